The van der Waals surface area contributed by atoms with E-state index in [0.29, 0.717) is 18.7 Å². The molecule has 1 aromatic carbocycles. The third-order valence-corrected chi connectivity index (χ3v) is 6.99. The van der Waals surface area contributed by atoms with Crippen molar-refractivity contribution in [3.63, 3.8) is 0 Å². The number of methoxy groups -OCH3 is 1. The van der Waals surface area contributed by atoms with Crippen LogP contribution in [0.1, 0.15) is 62.6 Å². The molecule has 1 saturated carbocycles. The number of ether oxygens (including phenoxy) is 2. The van der Waals surface area contributed by atoms with Gasteiger partial charge in [0.1, 0.15) is 12.1 Å². The number of nitrogens with two attached hydrogens (primary N) is 1. The smallest absolute Gasteiger partial charge is 0.283 e. The van der Waals surface area contributed by atoms with Gasteiger partial charge in [-0.15, -0.1) is 0 Å². The lowest BCUT2D eigenvalue weighted by molar-refractivity contribution is -0.00985. The Morgan fingerprint density at radius 2 is 2.08 bits per heavy atom. The Bertz CT molecular complexity index is 704. The molecular weight excluding hydrogens is 324 g/mol. The van der Waals surface area contributed by atoms with Gasteiger partial charge in [-0.1, -0.05) is 32.0 Å². The van der Waals surface area contributed by atoms with Gasteiger partial charge in [-0.3, -0.25) is 0 Å². The van der Waals surface area contributed by atoms with Gasteiger partial charge in [-0.2, -0.15) is 0 Å². The van der Waals surface area contributed by atoms with Gasteiger partial charge in [0, 0.05) is 12.5 Å². The van der Waals surface area contributed by atoms with Crippen LogP contribution in [-0.2, 0) is 27.9 Å². The summed E-state index contributed by atoms with van der Waals surface area (Å²) in [6.07, 6.45) is 8.26. The van der Waals surface area contributed by atoms with Crippen molar-refractivity contribution in [1.29, 1.82) is 0 Å². The molecule has 4 nitrogen and oxygen atoms in total. The normalized spacial score (nSPS) is 32.9. The molecule has 4 rings (SSSR count). The largest absolute Gasteiger partial charge is 0.462 e. The quantitative estimate of drug-likeness (QED) is 0.889. The standard InChI is InChI=1S/C22H32N2O2/c1-15(2)4-5-16-6-7-17-13-21(10-8-18(25-3)9-11-21)22(19(17)12-16)14-26-20(23)24-22/h6-7,12,15,18H,4-5,8-11,13-14H2,1-3H3,(H2,23,24)/t18-,21-,22?. The Morgan fingerprint density at radius 3 is 2.69 bits per heavy atom. The molecule has 2 aliphatic carbocycles. The first-order valence-corrected chi connectivity index (χ1v) is 10.1. The van der Waals surface area contributed by atoms with Crippen LogP contribution in [0.5, 0.6) is 0 Å². The zero-order chi connectivity index (χ0) is 18.4. The van der Waals surface area contributed by atoms with E-state index in [1.54, 1.807) is 0 Å². The first-order chi connectivity index (χ1) is 12.5. The van der Waals surface area contributed by atoms with Crippen LogP contribution in [0.3, 0.4) is 0 Å². The van der Waals surface area contributed by atoms with E-state index in [0.717, 1.165) is 44.4 Å². The second-order valence-electron chi connectivity index (χ2n) is 8.92. The minimum Gasteiger partial charge on any atom is -0.462 e. The predicted octanol–water partition coefficient (Wildman–Crippen LogP) is 3.95. The topological polar surface area (TPSA) is 56.8 Å². The van der Waals surface area contributed by atoms with Gasteiger partial charge < -0.3 is 15.2 Å². The van der Waals surface area contributed by atoms with Crippen LogP contribution < -0.4 is 5.73 Å². The fraction of sp³-hybridized carbons (Fsp3) is 0.682. The minimum absolute atomic E-state index is 0.127. The van der Waals surface area contributed by atoms with E-state index in [2.05, 4.69) is 32.0 Å². The number of amidine groups is 1. The number of hydrogen-bond donors (Lipinski definition) is 1. The molecular formula is C22H32N2O2. The Balaban J connectivity index is 1.71. The van der Waals surface area contributed by atoms with E-state index in [1.165, 1.54) is 23.1 Å². The highest BCUT2D eigenvalue weighted by atomic mass is 16.5. The SMILES string of the molecule is CO[C@H]1CC[C@]2(CC1)Cc1ccc(CCC(C)C)cc1C21COC(N)=N1. The fourth-order valence-corrected chi connectivity index (χ4v) is 5.38. The van der Waals surface area contributed by atoms with Crippen molar-refractivity contribution in [1.82, 2.24) is 0 Å². The van der Waals surface area contributed by atoms with Crippen molar-refractivity contribution >= 4 is 6.02 Å². The lowest BCUT2D eigenvalue weighted by Crippen LogP contribution is -2.46. The van der Waals surface area contributed by atoms with E-state index in [-0.39, 0.29) is 11.0 Å². The van der Waals surface area contributed by atoms with Crippen LogP contribution in [0, 0.1) is 11.3 Å². The number of aryl methyl sites for hydroxylation is 1. The van der Waals surface area contributed by atoms with E-state index in [4.69, 9.17) is 20.2 Å². The molecule has 3 aliphatic rings. The minimum atomic E-state index is -0.293. The molecule has 1 atom stereocenters. The van der Waals surface area contributed by atoms with Gasteiger partial charge in [-0.25, -0.2) is 4.99 Å². The molecule has 26 heavy (non-hydrogen) atoms. The Hall–Kier alpha value is -1.55. The van der Waals surface area contributed by atoms with E-state index in [1.807, 2.05) is 7.11 Å². The van der Waals surface area contributed by atoms with Gasteiger partial charge in [-0.05, 0) is 67.6 Å². The molecule has 0 amide bonds. The monoisotopic (exact) mass is 356 g/mol. The molecule has 1 heterocycles. The summed E-state index contributed by atoms with van der Waals surface area (Å²) in [5.74, 6) is 0.719. The van der Waals surface area contributed by atoms with Crippen LogP contribution in [0.2, 0.25) is 0 Å². The molecule has 1 aromatic rings. The maximum absolute atomic E-state index is 6.03. The van der Waals surface area contributed by atoms with Crippen LogP contribution in [0.15, 0.2) is 23.2 Å². The summed E-state index contributed by atoms with van der Waals surface area (Å²) >= 11 is 0. The number of rotatable bonds is 4. The van der Waals surface area contributed by atoms with Gasteiger partial charge in [0.05, 0.1) is 6.10 Å². The molecule has 0 aromatic heterocycles. The first kappa shape index (κ1) is 17.8. The molecule has 1 unspecified atom stereocenters. The maximum atomic E-state index is 6.03. The summed E-state index contributed by atoms with van der Waals surface area (Å²) in [7, 11) is 1.83. The van der Waals surface area contributed by atoms with Crippen molar-refractivity contribution in [3.8, 4) is 0 Å². The highest BCUT2D eigenvalue weighted by Gasteiger charge is 2.61. The third-order valence-electron chi connectivity index (χ3n) is 6.99. The number of aliphatic imine (C=N–C) groups is 1. The summed E-state index contributed by atoms with van der Waals surface area (Å²) in [6, 6.07) is 7.42. The highest BCUT2D eigenvalue weighted by Crippen LogP contribution is 2.61. The summed E-state index contributed by atoms with van der Waals surface area (Å²) in [5, 5.41) is 0. The summed E-state index contributed by atoms with van der Waals surface area (Å²) < 4.78 is 11.4. The Morgan fingerprint density at radius 1 is 1.31 bits per heavy atom. The molecule has 2 N–H and O–H groups in total. The average molecular weight is 357 g/mol. The van der Waals surface area contributed by atoms with Crippen molar-refractivity contribution in [2.24, 2.45) is 22.1 Å². The number of fused-ring (bicyclic) bond motifs is 3. The van der Waals surface area contributed by atoms with E-state index in [9.17, 15) is 0 Å². The second kappa shape index (κ2) is 6.56. The van der Waals surface area contributed by atoms with E-state index < -0.39 is 0 Å². The third kappa shape index (κ3) is 2.74. The summed E-state index contributed by atoms with van der Waals surface area (Å²) in [4.78, 5) is 4.96. The fourth-order valence-electron chi connectivity index (χ4n) is 5.38. The lowest BCUT2D eigenvalue weighted by Gasteiger charge is -2.45. The molecule has 1 fully saturated rings. The predicted molar refractivity (Wildman–Crippen MR) is 104 cm³/mol. The molecule has 0 saturated heterocycles. The molecule has 0 bridgehead atoms. The molecule has 142 valence electrons. The zero-order valence-corrected chi connectivity index (χ0v) is 16.4. The number of hydrogen-bond acceptors (Lipinski definition) is 4. The van der Waals surface area contributed by atoms with Gasteiger partial charge in [0.15, 0.2) is 0 Å². The molecule has 2 spiro atoms. The summed E-state index contributed by atoms with van der Waals surface area (Å²) in [5.41, 5.74) is 10.1. The Labute approximate surface area is 157 Å². The summed E-state index contributed by atoms with van der Waals surface area (Å²) in [6.45, 7) is 5.17. The lowest BCUT2D eigenvalue weighted by atomic mass is 9.62. The van der Waals surface area contributed by atoms with Crippen LogP contribution in [-0.4, -0.2) is 25.8 Å². The first-order valence-electron chi connectivity index (χ1n) is 10.1. The zero-order valence-electron chi connectivity index (χ0n) is 16.4. The number of nitrogens with zero attached hydrogens (tertiary/aromatic N) is 1. The number of benzene rings is 1. The highest BCUT2D eigenvalue weighted by molar-refractivity contribution is 5.75. The average Bonchev–Trinajstić information content (AvgIpc) is 3.14. The molecule has 1 aliphatic heterocycles. The van der Waals surface area contributed by atoms with Crippen LogP contribution in [0.25, 0.3) is 0 Å². The van der Waals surface area contributed by atoms with Crippen molar-refractivity contribution in [2.45, 2.75) is 70.4 Å². The second-order valence-corrected chi connectivity index (χ2v) is 8.92. The van der Waals surface area contributed by atoms with Gasteiger partial charge in [0.2, 0.25) is 0 Å². The van der Waals surface area contributed by atoms with Gasteiger partial charge >= 0.3 is 0 Å². The van der Waals surface area contributed by atoms with Crippen LogP contribution >= 0.6 is 0 Å². The molecule has 0 radical (unpaired) electrons. The van der Waals surface area contributed by atoms with Crippen molar-refractivity contribution in [3.05, 3.63) is 34.9 Å². The Kier molecular flexibility index (Phi) is 4.50. The van der Waals surface area contributed by atoms with E-state index >= 15 is 0 Å². The van der Waals surface area contributed by atoms with Crippen molar-refractivity contribution < 1.29 is 9.47 Å². The van der Waals surface area contributed by atoms with Gasteiger partial charge in [0.25, 0.3) is 6.02 Å². The van der Waals surface area contributed by atoms with Crippen LogP contribution in [0.4, 0.5) is 0 Å². The molecule has 4 heteroatoms. The maximum Gasteiger partial charge on any atom is 0.283 e. The van der Waals surface area contributed by atoms with Crippen molar-refractivity contribution in [2.75, 3.05) is 13.7 Å².